The number of nitrogens with zero attached hydrogens (tertiary/aromatic N) is 1. The SMILES string of the molecule is O=C(NCCNc1ccc(C(F)(F)F)cc1[N+](=O)[O-])c1ccsc1. The van der Waals surface area contributed by atoms with Crippen LogP contribution in [-0.4, -0.2) is 23.9 Å². The highest BCUT2D eigenvalue weighted by molar-refractivity contribution is 7.08. The van der Waals surface area contributed by atoms with E-state index in [1.807, 2.05) is 0 Å². The van der Waals surface area contributed by atoms with Gasteiger partial charge in [0.2, 0.25) is 0 Å². The van der Waals surface area contributed by atoms with Crippen molar-refractivity contribution in [1.29, 1.82) is 0 Å². The minimum Gasteiger partial charge on any atom is -0.378 e. The number of carbonyl (C=O) groups is 1. The van der Waals surface area contributed by atoms with Gasteiger partial charge in [-0.05, 0) is 23.6 Å². The molecule has 0 spiro atoms. The summed E-state index contributed by atoms with van der Waals surface area (Å²) in [6.45, 7) is 0.287. The molecule has 0 fully saturated rings. The molecule has 0 radical (unpaired) electrons. The monoisotopic (exact) mass is 359 g/mol. The average molecular weight is 359 g/mol. The van der Waals surface area contributed by atoms with Crippen LogP contribution in [0.15, 0.2) is 35.0 Å². The number of benzene rings is 1. The predicted molar refractivity (Wildman–Crippen MR) is 83.2 cm³/mol. The van der Waals surface area contributed by atoms with E-state index in [4.69, 9.17) is 0 Å². The van der Waals surface area contributed by atoms with Crippen LogP contribution >= 0.6 is 11.3 Å². The second-order valence-electron chi connectivity index (χ2n) is 4.68. The number of hydrogen-bond acceptors (Lipinski definition) is 5. The number of amides is 1. The molecule has 128 valence electrons. The summed E-state index contributed by atoms with van der Waals surface area (Å²) >= 11 is 1.37. The van der Waals surface area contributed by atoms with E-state index in [1.165, 1.54) is 11.3 Å². The molecule has 24 heavy (non-hydrogen) atoms. The standard InChI is InChI=1S/C14H12F3N3O3S/c15-14(16,17)10-1-2-11(12(7-10)20(22)23)18-4-5-19-13(21)9-3-6-24-8-9/h1-3,6-8,18H,4-5H2,(H,19,21). The summed E-state index contributed by atoms with van der Waals surface area (Å²) in [5, 5.41) is 19.6. The van der Waals surface area contributed by atoms with E-state index in [0.29, 0.717) is 11.6 Å². The lowest BCUT2D eigenvalue weighted by Gasteiger charge is -2.11. The molecule has 0 unspecified atom stereocenters. The zero-order valence-electron chi connectivity index (χ0n) is 12.1. The molecule has 0 aliphatic heterocycles. The summed E-state index contributed by atoms with van der Waals surface area (Å²) in [6.07, 6.45) is -4.65. The molecule has 0 aliphatic rings. The summed E-state index contributed by atoms with van der Waals surface area (Å²) in [5.41, 5.74) is -1.31. The lowest BCUT2D eigenvalue weighted by molar-refractivity contribution is -0.384. The van der Waals surface area contributed by atoms with Gasteiger partial charge in [0.1, 0.15) is 5.69 Å². The molecule has 1 aromatic carbocycles. The van der Waals surface area contributed by atoms with E-state index in [1.54, 1.807) is 16.8 Å². The van der Waals surface area contributed by atoms with Crippen LogP contribution in [0.4, 0.5) is 24.5 Å². The third-order valence-electron chi connectivity index (χ3n) is 3.03. The number of hydrogen-bond donors (Lipinski definition) is 2. The third-order valence-corrected chi connectivity index (χ3v) is 3.71. The van der Waals surface area contributed by atoms with Gasteiger partial charge >= 0.3 is 6.18 Å². The van der Waals surface area contributed by atoms with Crippen LogP contribution in [-0.2, 0) is 6.18 Å². The van der Waals surface area contributed by atoms with Crippen LogP contribution in [0.2, 0.25) is 0 Å². The maximum Gasteiger partial charge on any atom is 0.416 e. The fourth-order valence-corrected chi connectivity index (χ4v) is 2.51. The summed E-state index contributed by atoms with van der Waals surface area (Å²) < 4.78 is 37.8. The van der Waals surface area contributed by atoms with Crippen molar-refractivity contribution in [3.63, 3.8) is 0 Å². The molecule has 2 aromatic rings. The Morgan fingerprint density at radius 2 is 2.00 bits per heavy atom. The van der Waals surface area contributed by atoms with Crippen molar-refractivity contribution in [2.45, 2.75) is 6.18 Å². The number of carbonyl (C=O) groups excluding carboxylic acids is 1. The lowest BCUT2D eigenvalue weighted by atomic mass is 10.1. The molecule has 0 bridgehead atoms. The second kappa shape index (κ2) is 7.30. The number of nitro groups is 1. The second-order valence-corrected chi connectivity index (χ2v) is 5.46. The smallest absolute Gasteiger partial charge is 0.378 e. The van der Waals surface area contributed by atoms with Crippen LogP contribution in [0.5, 0.6) is 0 Å². The van der Waals surface area contributed by atoms with Crippen LogP contribution in [0.1, 0.15) is 15.9 Å². The molecule has 0 saturated heterocycles. The zero-order chi connectivity index (χ0) is 17.7. The molecular formula is C14H12F3N3O3S. The summed E-state index contributed by atoms with van der Waals surface area (Å²) in [5.74, 6) is -0.292. The summed E-state index contributed by atoms with van der Waals surface area (Å²) in [7, 11) is 0. The average Bonchev–Trinajstić information content (AvgIpc) is 3.04. The molecule has 2 rings (SSSR count). The molecule has 1 heterocycles. The Balaban J connectivity index is 1.97. The Bertz CT molecular complexity index is 733. The Hall–Kier alpha value is -2.62. The van der Waals surface area contributed by atoms with Gasteiger partial charge in [0.25, 0.3) is 11.6 Å². The van der Waals surface area contributed by atoms with Crippen molar-refractivity contribution in [1.82, 2.24) is 5.32 Å². The van der Waals surface area contributed by atoms with Gasteiger partial charge in [-0.25, -0.2) is 0 Å². The van der Waals surface area contributed by atoms with Crippen molar-refractivity contribution in [2.75, 3.05) is 18.4 Å². The molecule has 2 N–H and O–H groups in total. The normalized spacial score (nSPS) is 11.1. The first-order chi connectivity index (χ1) is 11.3. The van der Waals surface area contributed by atoms with Gasteiger partial charge in [0, 0.05) is 30.1 Å². The highest BCUT2D eigenvalue weighted by Crippen LogP contribution is 2.34. The lowest BCUT2D eigenvalue weighted by Crippen LogP contribution is -2.28. The number of nitro benzene ring substituents is 1. The highest BCUT2D eigenvalue weighted by Gasteiger charge is 2.32. The van der Waals surface area contributed by atoms with Crippen molar-refractivity contribution >= 4 is 28.6 Å². The first-order valence-electron chi connectivity index (χ1n) is 6.69. The topological polar surface area (TPSA) is 84.3 Å². The molecule has 1 amide bonds. The van der Waals surface area contributed by atoms with Gasteiger partial charge in [0.05, 0.1) is 10.5 Å². The molecular weight excluding hydrogens is 347 g/mol. The van der Waals surface area contributed by atoms with E-state index < -0.39 is 22.4 Å². The van der Waals surface area contributed by atoms with E-state index in [2.05, 4.69) is 10.6 Å². The molecule has 0 atom stereocenters. The van der Waals surface area contributed by atoms with E-state index in [0.717, 1.165) is 12.1 Å². The number of halogens is 3. The van der Waals surface area contributed by atoms with Crippen molar-refractivity contribution in [3.8, 4) is 0 Å². The zero-order valence-corrected chi connectivity index (χ0v) is 12.9. The first kappa shape index (κ1) is 17.7. The van der Waals surface area contributed by atoms with Crippen molar-refractivity contribution < 1.29 is 22.9 Å². The van der Waals surface area contributed by atoms with Crippen LogP contribution in [0.25, 0.3) is 0 Å². The Labute approximate surface area is 138 Å². The van der Waals surface area contributed by atoms with Crippen molar-refractivity contribution in [3.05, 3.63) is 56.3 Å². The molecule has 6 nitrogen and oxygen atoms in total. The Morgan fingerprint density at radius 3 is 2.58 bits per heavy atom. The van der Waals surface area contributed by atoms with Gasteiger partial charge in [0.15, 0.2) is 0 Å². The van der Waals surface area contributed by atoms with Gasteiger partial charge in [-0.1, -0.05) is 0 Å². The quantitative estimate of drug-likeness (QED) is 0.470. The Kier molecular flexibility index (Phi) is 5.39. The van der Waals surface area contributed by atoms with Gasteiger partial charge in [-0.2, -0.15) is 24.5 Å². The minimum absolute atomic E-state index is 0.0437. The number of rotatable bonds is 6. The summed E-state index contributed by atoms with van der Waals surface area (Å²) in [4.78, 5) is 21.7. The molecule has 1 aromatic heterocycles. The minimum atomic E-state index is -4.65. The molecule has 0 aliphatic carbocycles. The Morgan fingerprint density at radius 1 is 1.25 bits per heavy atom. The number of thiophene rings is 1. The van der Waals surface area contributed by atoms with Crippen LogP contribution in [0, 0.1) is 10.1 Å². The number of anilines is 1. The number of nitrogens with one attached hydrogen (secondary N) is 2. The molecule has 0 saturated carbocycles. The number of alkyl halides is 3. The van der Waals surface area contributed by atoms with E-state index in [-0.39, 0.29) is 24.7 Å². The largest absolute Gasteiger partial charge is 0.416 e. The highest BCUT2D eigenvalue weighted by atomic mass is 32.1. The fraction of sp³-hybridized carbons (Fsp3) is 0.214. The van der Waals surface area contributed by atoms with E-state index in [9.17, 15) is 28.1 Å². The van der Waals surface area contributed by atoms with E-state index >= 15 is 0 Å². The van der Waals surface area contributed by atoms with Gasteiger partial charge in [-0.3, -0.25) is 14.9 Å². The third kappa shape index (κ3) is 4.44. The van der Waals surface area contributed by atoms with Gasteiger partial charge < -0.3 is 10.6 Å². The van der Waals surface area contributed by atoms with Crippen LogP contribution in [0.3, 0.4) is 0 Å². The predicted octanol–water partition coefficient (Wildman–Crippen LogP) is 3.52. The fourth-order valence-electron chi connectivity index (χ4n) is 1.88. The summed E-state index contributed by atoms with van der Waals surface area (Å²) in [6, 6.07) is 3.89. The maximum atomic E-state index is 12.6. The maximum absolute atomic E-state index is 12.6. The first-order valence-corrected chi connectivity index (χ1v) is 7.63. The van der Waals surface area contributed by atoms with Gasteiger partial charge in [-0.15, -0.1) is 0 Å². The van der Waals surface area contributed by atoms with Crippen LogP contribution < -0.4 is 10.6 Å². The van der Waals surface area contributed by atoms with Crippen molar-refractivity contribution in [2.24, 2.45) is 0 Å². The molecule has 10 heteroatoms.